The first-order valence-corrected chi connectivity index (χ1v) is 6.93. The van der Waals surface area contributed by atoms with Gasteiger partial charge in [-0.3, -0.25) is 0 Å². The molecular weight excluding hydrogens is 260 g/mol. The molecule has 7 nitrogen and oxygen atoms in total. The normalized spacial score (nSPS) is 23.4. The van der Waals surface area contributed by atoms with Crippen molar-refractivity contribution in [2.45, 2.75) is 64.1 Å². The van der Waals surface area contributed by atoms with E-state index < -0.39 is 5.60 Å². The fraction of sp³-hybridized carbons (Fsp3) is 0.769. The number of carbonyl (C=O) groups is 1. The van der Waals surface area contributed by atoms with E-state index in [0.717, 1.165) is 25.7 Å². The molecule has 2 unspecified atom stereocenters. The van der Waals surface area contributed by atoms with Crippen molar-refractivity contribution in [2.24, 2.45) is 0 Å². The van der Waals surface area contributed by atoms with E-state index >= 15 is 0 Å². The Labute approximate surface area is 118 Å². The number of amides is 1. The molecule has 1 amide bonds. The van der Waals surface area contributed by atoms with Gasteiger partial charge in [-0.15, -0.1) is 5.10 Å². The second-order valence-corrected chi connectivity index (χ2v) is 6.19. The summed E-state index contributed by atoms with van der Waals surface area (Å²) in [7, 11) is 0. The van der Waals surface area contributed by atoms with E-state index in [-0.39, 0.29) is 24.2 Å². The van der Waals surface area contributed by atoms with Crippen LogP contribution >= 0.6 is 0 Å². The molecule has 1 aliphatic carbocycles. The Morgan fingerprint density at radius 3 is 2.85 bits per heavy atom. The maximum absolute atomic E-state index is 11.8. The lowest BCUT2D eigenvalue weighted by Crippen LogP contribution is -2.41. The number of hydrogen-bond acceptors (Lipinski definition) is 5. The summed E-state index contributed by atoms with van der Waals surface area (Å²) in [4.78, 5) is 15.5. The molecule has 1 heterocycles. The molecule has 1 saturated carbocycles. The van der Waals surface area contributed by atoms with Gasteiger partial charge in [-0.2, -0.15) is 4.98 Å². The molecule has 112 valence electrons. The van der Waals surface area contributed by atoms with E-state index in [0.29, 0.717) is 0 Å². The summed E-state index contributed by atoms with van der Waals surface area (Å²) in [6, 6.07) is -0.000690. The molecule has 1 aromatic heterocycles. The average Bonchev–Trinajstić information content (AvgIpc) is 2.73. The summed E-state index contributed by atoms with van der Waals surface area (Å²) in [5.41, 5.74) is -0.490. The topological polar surface area (TPSA) is 89.3 Å². The Kier molecular flexibility index (Phi) is 4.15. The predicted octanol–water partition coefficient (Wildman–Crippen LogP) is 1.99. The van der Waals surface area contributed by atoms with Crippen LogP contribution in [0.4, 0.5) is 4.79 Å². The smallest absolute Gasteiger partial charge is 0.407 e. The first kappa shape index (κ1) is 14.6. The highest BCUT2D eigenvalue weighted by Crippen LogP contribution is 2.28. The zero-order chi connectivity index (χ0) is 14.8. The van der Waals surface area contributed by atoms with E-state index in [9.17, 15) is 9.90 Å². The zero-order valence-electron chi connectivity index (χ0n) is 12.2. The van der Waals surface area contributed by atoms with Crippen LogP contribution in [0.5, 0.6) is 6.01 Å². The van der Waals surface area contributed by atoms with Gasteiger partial charge in [-0.05, 0) is 46.5 Å². The monoisotopic (exact) mass is 282 g/mol. The number of alkyl carbamates (subject to hydrolysis) is 1. The van der Waals surface area contributed by atoms with Crippen LogP contribution < -0.4 is 5.32 Å². The minimum Gasteiger partial charge on any atom is -0.478 e. The third-order valence-corrected chi connectivity index (χ3v) is 3.24. The Hall–Kier alpha value is -1.79. The number of aromatic nitrogens is 3. The van der Waals surface area contributed by atoms with Crippen LogP contribution in [0.15, 0.2) is 6.33 Å². The fourth-order valence-electron chi connectivity index (χ4n) is 2.45. The molecule has 0 bridgehead atoms. The highest BCUT2D eigenvalue weighted by Gasteiger charge is 2.27. The first-order chi connectivity index (χ1) is 9.33. The molecule has 0 radical (unpaired) electrons. The summed E-state index contributed by atoms with van der Waals surface area (Å²) in [6.45, 7) is 5.53. The van der Waals surface area contributed by atoms with Crippen LogP contribution in [0, 0.1) is 0 Å². The SMILES string of the molecule is CC(C)(C)OC(=O)NC1CCCC(n2cnc(O)n2)C1. The van der Waals surface area contributed by atoms with Crippen LogP contribution in [-0.4, -0.2) is 37.6 Å². The van der Waals surface area contributed by atoms with Gasteiger partial charge in [0.1, 0.15) is 11.9 Å². The second kappa shape index (κ2) is 5.68. The minimum absolute atomic E-state index is 0.0648. The summed E-state index contributed by atoms with van der Waals surface area (Å²) < 4.78 is 6.93. The van der Waals surface area contributed by atoms with Crippen molar-refractivity contribution in [3.63, 3.8) is 0 Å². The van der Waals surface area contributed by atoms with Crippen molar-refractivity contribution in [3.8, 4) is 6.01 Å². The van der Waals surface area contributed by atoms with Gasteiger partial charge >= 0.3 is 12.1 Å². The van der Waals surface area contributed by atoms with Crippen LogP contribution in [-0.2, 0) is 4.74 Å². The quantitative estimate of drug-likeness (QED) is 0.866. The highest BCUT2D eigenvalue weighted by atomic mass is 16.6. The number of carbonyl (C=O) groups excluding carboxylic acids is 1. The van der Waals surface area contributed by atoms with Gasteiger partial charge in [0.2, 0.25) is 0 Å². The molecule has 1 fully saturated rings. The van der Waals surface area contributed by atoms with Crippen LogP contribution in [0.1, 0.15) is 52.5 Å². The van der Waals surface area contributed by atoms with E-state index in [1.54, 1.807) is 4.68 Å². The summed E-state index contributed by atoms with van der Waals surface area (Å²) >= 11 is 0. The van der Waals surface area contributed by atoms with E-state index in [4.69, 9.17) is 4.74 Å². The number of nitrogens with one attached hydrogen (secondary N) is 1. The molecule has 1 aromatic rings. The summed E-state index contributed by atoms with van der Waals surface area (Å²) in [6.07, 6.45) is 4.79. The Morgan fingerprint density at radius 2 is 2.25 bits per heavy atom. The van der Waals surface area contributed by atoms with Crippen molar-refractivity contribution < 1.29 is 14.6 Å². The lowest BCUT2D eigenvalue weighted by Gasteiger charge is -2.30. The number of nitrogens with zero attached hydrogens (tertiary/aromatic N) is 3. The van der Waals surface area contributed by atoms with Gasteiger partial charge in [0, 0.05) is 6.04 Å². The van der Waals surface area contributed by atoms with Gasteiger partial charge in [-0.1, -0.05) is 0 Å². The lowest BCUT2D eigenvalue weighted by molar-refractivity contribution is 0.0484. The van der Waals surface area contributed by atoms with E-state index in [1.807, 2.05) is 20.8 Å². The van der Waals surface area contributed by atoms with Gasteiger partial charge in [0.15, 0.2) is 0 Å². The molecule has 1 aliphatic rings. The first-order valence-electron chi connectivity index (χ1n) is 6.93. The van der Waals surface area contributed by atoms with Gasteiger partial charge < -0.3 is 15.2 Å². The van der Waals surface area contributed by atoms with Crippen molar-refractivity contribution in [1.82, 2.24) is 20.1 Å². The molecular formula is C13H22N4O3. The minimum atomic E-state index is -0.490. The maximum Gasteiger partial charge on any atom is 0.407 e. The third-order valence-electron chi connectivity index (χ3n) is 3.24. The zero-order valence-corrected chi connectivity index (χ0v) is 12.2. The predicted molar refractivity (Wildman–Crippen MR) is 72.3 cm³/mol. The molecule has 2 N–H and O–H groups in total. The highest BCUT2D eigenvalue weighted by molar-refractivity contribution is 5.68. The maximum atomic E-state index is 11.8. The molecule has 20 heavy (non-hydrogen) atoms. The van der Waals surface area contributed by atoms with Crippen LogP contribution in [0.25, 0.3) is 0 Å². The summed E-state index contributed by atoms with van der Waals surface area (Å²) in [5.74, 6) is 0. The number of ether oxygens (including phenoxy) is 1. The standard InChI is InChI=1S/C13H22N4O3/c1-13(2,3)20-12(19)15-9-5-4-6-10(7-9)17-8-14-11(18)16-17/h8-10H,4-7H2,1-3H3,(H,15,19)(H,16,18). The molecule has 2 atom stereocenters. The van der Waals surface area contributed by atoms with Crippen molar-refractivity contribution in [1.29, 1.82) is 0 Å². The molecule has 0 saturated heterocycles. The van der Waals surface area contributed by atoms with Crippen molar-refractivity contribution in [2.75, 3.05) is 0 Å². The van der Waals surface area contributed by atoms with E-state index in [1.165, 1.54) is 6.33 Å². The van der Waals surface area contributed by atoms with Gasteiger partial charge in [-0.25, -0.2) is 9.48 Å². The molecule has 7 heteroatoms. The molecule has 0 aliphatic heterocycles. The van der Waals surface area contributed by atoms with E-state index in [2.05, 4.69) is 15.4 Å². The molecule has 2 rings (SSSR count). The summed E-state index contributed by atoms with van der Waals surface area (Å²) in [5, 5.41) is 16.0. The number of aromatic hydroxyl groups is 1. The fourth-order valence-corrected chi connectivity index (χ4v) is 2.45. The van der Waals surface area contributed by atoms with Gasteiger partial charge in [0.05, 0.1) is 6.04 Å². The number of hydrogen-bond donors (Lipinski definition) is 2. The van der Waals surface area contributed by atoms with Crippen molar-refractivity contribution in [3.05, 3.63) is 6.33 Å². The Bertz CT molecular complexity index is 466. The number of rotatable bonds is 2. The Balaban J connectivity index is 1.89. The molecule has 0 spiro atoms. The van der Waals surface area contributed by atoms with Crippen LogP contribution in [0.2, 0.25) is 0 Å². The van der Waals surface area contributed by atoms with Crippen LogP contribution in [0.3, 0.4) is 0 Å². The van der Waals surface area contributed by atoms with Gasteiger partial charge in [0.25, 0.3) is 0 Å². The largest absolute Gasteiger partial charge is 0.478 e. The third kappa shape index (κ3) is 4.11. The second-order valence-electron chi connectivity index (χ2n) is 6.19. The average molecular weight is 282 g/mol. The van der Waals surface area contributed by atoms with Crippen molar-refractivity contribution >= 4 is 6.09 Å². The Morgan fingerprint density at radius 1 is 1.50 bits per heavy atom. The lowest BCUT2D eigenvalue weighted by atomic mass is 9.91. The molecule has 0 aromatic carbocycles.